The molecule has 2 heterocycles. The van der Waals surface area contributed by atoms with E-state index in [0.29, 0.717) is 29.0 Å². The normalized spacial score (nSPS) is 20.6. The van der Waals surface area contributed by atoms with E-state index < -0.39 is 17.7 Å². The van der Waals surface area contributed by atoms with Crippen LogP contribution in [-0.4, -0.2) is 30.0 Å². The zero-order valence-corrected chi connectivity index (χ0v) is 21.7. The molecular weight excluding hydrogens is 466 g/mol. The van der Waals surface area contributed by atoms with Crippen LogP contribution >= 0.6 is 0 Å². The fraction of sp³-hybridized carbons (Fsp3) is 0.290. The Morgan fingerprint density at radius 3 is 2.43 bits per heavy atom. The van der Waals surface area contributed by atoms with Gasteiger partial charge in [0.25, 0.3) is 11.7 Å². The summed E-state index contributed by atoms with van der Waals surface area (Å²) in [4.78, 5) is 28.4. The summed E-state index contributed by atoms with van der Waals surface area (Å²) in [5, 5.41) is 11.5. The van der Waals surface area contributed by atoms with Crippen LogP contribution in [0.15, 0.2) is 72.3 Å². The number of ether oxygens (including phenoxy) is 2. The van der Waals surface area contributed by atoms with Crippen molar-refractivity contribution in [2.75, 3.05) is 12.0 Å². The van der Waals surface area contributed by atoms with Crippen molar-refractivity contribution in [1.82, 2.24) is 0 Å². The van der Waals surface area contributed by atoms with Crippen molar-refractivity contribution in [2.24, 2.45) is 0 Å². The van der Waals surface area contributed by atoms with Crippen LogP contribution in [0.5, 0.6) is 11.5 Å². The second-order valence-electron chi connectivity index (χ2n) is 10.7. The van der Waals surface area contributed by atoms with E-state index in [2.05, 4.69) is 20.8 Å². The smallest absolute Gasteiger partial charge is 0.300 e. The van der Waals surface area contributed by atoms with Gasteiger partial charge in [-0.2, -0.15) is 0 Å². The molecule has 0 saturated carbocycles. The molecule has 0 radical (unpaired) electrons. The number of Topliss-reactive ketones (excluding diaryl/α,β-unsaturated/α-hetero) is 1. The first-order valence-corrected chi connectivity index (χ1v) is 12.4. The molecule has 3 aromatic carbocycles. The predicted octanol–water partition coefficient (Wildman–Crippen LogP) is 5.94. The lowest BCUT2D eigenvalue weighted by molar-refractivity contribution is -0.132. The summed E-state index contributed by atoms with van der Waals surface area (Å²) in [6, 6.07) is 19.4. The Kier molecular flexibility index (Phi) is 6.06. The molecule has 1 amide bonds. The number of hydrogen-bond acceptors (Lipinski definition) is 5. The molecule has 190 valence electrons. The van der Waals surface area contributed by atoms with Crippen molar-refractivity contribution in [3.8, 4) is 11.5 Å². The third-order valence-electron chi connectivity index (χ3n) is 7.03. The van der Waals surface area contributed by atoms with E-state index in [-0.39, 0.29) is 22.9 Å². The highest BCUT2D eigenvalue weighted by Gasteiger charge is 2.47. The van der Waals surface area contributed by atoms with Crippen LogP contribution in [0.1, 0.15) is 56.0 Å². The van der Waals surface area contributed by atoms with Crippen LogP contribution in [0.4, 0.5) is 5.69 Å². The fourth-order valence-electron chi connectivity index (χ4n) is 5.07. The molecule has 3 aromatic rings. The SMILES string of the molecule is COc1cccc(C2/C(=C(/O)c3ccc4c(c3)CC(C)O4)C(=O)C(=O)N2c2ccc(C(C)(C)C)cc2)c1. The average Bonchev–Trinajstić information content (AvgIpc) is 3.38. The number of aliphatic hydroxyl groups is 1. The van der Waals surface area contributed by atoms with E-state index in [1.165, 1.54) is 4.90 Å². The molecule has 6 heteroatoms. The number of carbonyl (C=O) groups excluding carboxylic acids is 2. The highest BCUT2D eigenvalue weighted by Crippen LogP contribution is 2.44. The number of amides is 1. The first-order chi connectivity index (χ1) is 17.6. The monoisotopic (exact) mass is 497 g/mol. The maximum Gasteiger partial charge on any atom is 0.300 e. The number of benzene rings is 3. The van der Waals surface area contributed by atoms with Gasteiger partial charge in [-0.25, -0.2) is 0 Å². The van der Waals surface area contributed by atoms with Crippen molar-refractivity contribution >= 4 is 23.1 Å². The second kappa shape index (κ2) is 9.11. The molecule has 2 unspecified atom stereocenters. The molecule has 2 aliphatic rings. The van der Waals surface area contributed by atoms with Crippen molar-refractivity contribution in [2.45, 2.75) is 51.7 Å². The highest BCUT2D eigenvalue weighted by molar-refractivity contribution is 6.51. The van der Waals surface area contributed by atoms with Crippen LogP contribution in [0.2, 0.25) is 0 Å². The molecule has 0 spiro atoms. The number of carbonyl (C=O) groups is 2. The van der Waals surface area contributed by atoms with E-state index in [1.807, 2.05) is 49.4 Å². The van der Waals surface area contributed by atoms with Gasteiger partial charge < -0.3 is 14.6 Å². The van der Waals surface area contributed by atoms with Gasteiger partial charge in [-0.1, -0.05) is 45.0 Å². The molecular formula is C31H31NO5. The van der Waals surface area contributed by atoms with Gasteiger partial charge in [0.05, 0.1) is 18.7 Å². The number of fused-ring (bicyclic) bond motifs is 1. The van der Waals surface area contributed by atoms with Crippen LogP contribution in [0.3, 0.4) is 0 Å². The zero-order valence-electron chi connectivity index (χ0n) is 21.7. The summed E-state index contributed by atoms with van der Waals surface area (Å²) in [6.45, 7) is 8.34. The van der Waals surface area contributed by atoms with Gasteiger partial charge in [-0.3, -0.25) is 14.5 Å². The van der Waals surface area contributed by atoms with Gasteiger partial charge in [0.2, 0.25) is 0 Å². The van der Waals surface area contributed by atoms with E-state index in [4.69, 9.17) is 9.47 Å². The zero-order chi connectivity index (χ0) is 26.5. The molecule has 2 atom stereocenters. The minimum atomic E-state index is -0.820. The Morgan fingerprint density at radius 2 is 1.76 bits per heavy atom. The van der Waals surface area contributed by atoms with Crippen LogP contribution in [0, 0.1) is 0 Å². The maximum atomic E-state index is 13.5. The summed E-state index contributed by atoms with van der Waals surface area (Å²) in [5.41, 5.74) is 3.78. The summed E-state index contributed by atoms with van der Waals surface area (Å²) >= 11 is 0. The lowest BCUT2D eigenvalue weighted by atomic mass is 9.87. The Morgan fingerprint density at radius 1 is 1.03 bits per heavy atom. The van der Waals surface area contributed by atoms with Gasteiger partial charge in [0.15, 0.2) is 0 Å². The number of rotatable bonds is 4. The van der Waals surface area contributed by atoms with Crippen molar-refractivity contribution < 1.29 is 24.2 Å². The van der Waals surface area contributed by atoms with E-state index in [1.54, 1.807) is 31.4 Å². The number of methoxy groups -OCH3 is 1. The minimum Gasteiger partial charge on any atom is -0.507 e. The number of ketones is 1. The maximum absolute atomic E-state index is 13.5. The molecule has 2 aliphatic heterocycles. The molecule has 6 nitrogen and oxygen atoms in total. The summed E-state index contributed by atoms with van der Waals surface area (Å²) in [5.74, 6) is -0.253. The van der Waals surface area contributed by atoms with E-state index >= 15 is 0 Å². The van der Waals surface area contributed by atoms with E-state index in [9.17, 15) is 14.7 Å². The van der Waals surface area contributed by atoms with Crippen molar-refractivity contribution in [3.63, 3.8) is 0 Å². The van der Waals surface area contributed by atoms with Gasteiger partial charge in [0, 0.05) is 17.7 Å². The van der Waals surface area contributed by atoms with Gasteiger partial charge in [-0.15, -0.1) is 0 Å². The number of hydrogen-bond donors (Lipinski definition) is 1. The van der Waals surface area contributed by atoms with Crippen LogP contribution in [-0.2, 0) is 21.4 Å². The van der Waals surface area contributed by atoms with Gasteiger partial charge in [-0.05, 0) is 71.5 Å². The predicted molar refractivity (Wildman–Crippen MR) is 143 cm³/mol. The van der Waals surface area contributed by atoms with E-state index in [0.717, 1.165) is 16.9 Å². The molecule has 0 aliphatic carbocycles. The lowest BCUT2D eigenvalue weighted by Gasteiger charge is -2.27. The first-order valence-electron chi connectivity index (χ1n) is 12.4. The van der Waals surface area contributed by atoms with Gasteiger partial charge in [0.1, 0.15) is 23.4 Å². The topological polar surface area (TPSA) is 76.1 Å². The van der Waals surface area contributed by atoms with Crippen LogP contribution < -0.4 is 14.4 Å². The highest BCUT2D eigenvalue weighted by atomic mass is 16.5. The third-order valence-corrected chi connectivity index (χ3v) is 7.03. The number of nitrogens with zero attached hydrogens (tertiary/aromatic N) is 1. The molecule has 37 heavy (non-hydrogen) atoms. The fourth-order valence-corrected chi connectivity index (χ4v) is 5.07. The average molecular weight is 498 g/mol. The van der Waals surface area contributed by atoms with Crippen molar-refractivity contribution in [1.29, 1.82) is 0 Å². The summed E-state index contributed by atoms with van der Waals surface area (Å²) < 4.78 is 11.2. The molecule has 1 N–H and O–H groups in total. The Hall–Kier alpha value is -4.06. The minimum absolute atomic E-state index is 0.0464. The lowest BCUT2D eigenvalue weighted by Crippen LogP contribution is -2.29. The quantitative estimate of drug-likeness (QED) is 0.274. The molecule has 1 saturated heterocycles. The Labute approximate surface area is 217 Å². The van der Waals surface area contributed by atoms with Crippen molar-refractivity contribution in [3.05, 3.63) is 94.6 Å². The molecule has 0 bridgehead atoms. The summed E-state index contributed by atoms with van der Waals surface area (Å²) in [6.07, 6.45) is 0.760. The third kappa shape index (κ3) is 4.37. The van der Waals surface area contributed by atoms with Gasteiger partial charge >= 0.3 is 0 Å². The second-order valence-corrected chi connectivity index (χ2v) is 10.7. The molecule has 1 fully saturated rings. The largest absolute Gasteiger partial charge is 0.507 e. The van der Waals surface area contributed by atoms with Crippen LogP contribution in [0.25, 0.3) is 5.76 Å². The first kappa shape index (κ1) is 24.6. The number of anilines is 1. The molecule has 5 rings (SSSR count). The molecule has 0 aromatic heterocycles. The Bertz CT molecular complexity index is 1410. The Balaban J connectivity index is 1.67. The standard InChI is InChI=1S/C31H31NO5/c1-18-15-21-16-20(9-14-25(21)37-18)28(33)26-27(19-7-6-8-24(17-19)36-5)32(30(35)29(26)34)23-12-10-22(11-13-23)31(2,3)4/h6-14,16-18,27,33H,15H2,1-5H3/b28-26-. The summed E-state index contributed by atoms with van der Waals surface area (Å²) in [7, 11) is 1.56. The number of aliphatic hydroxyl groups excluding tert-OH is 1.